The van der Waals surface area contributed by atoms with E-state index in [2.05, 4.69) is 33.1 Å². The van der Waals surface area contributed by atoms with Gasteiger partial charge < -0.3 is 9.88 Å². The van der Waals surface area contributed by atoms with E-state index in [1.807, 2.05) is 12.5 Å². The second-order valence-corrected chi connectivity index (χ2v) is 5.30. The minimum absolute atomic E-state index is 0.736. The zero-order valence-electron chi connectivity index (χ0n) is 10.4. The van der Waals surface area contributed by atoms with E-state index in [9.17, 15) is 0 Å². The van der Waals surface area contributed by atoms with Gasteiger partial charge in [0.05, 0.1) is 12.0 Å². The van der Waals surface area contributed by atoms with Crippen molar-refractivity contribution in [1.82, 2.24) is 14.9 Å². The zero-order chi connectivity index (χ0) is 11.9. The van der Waals surface area contributed by atoms with E-state index in [0.717, 1.165) is 25.4 Å². The number of fused-ring (bicyclic) bond motifs is 1. The van der Waals surface area contributed by atoms with Crippen LogP contribution in [0.4, 0.5) is 0 Å². The zero-order valence-corrected chi connectivity index (χ0v) is 10.4. The molecule has 3 nitrogen and oxygen atoms in total. The highest BCUT2D eigenvalue weighted by Gasteiger charge is 2.28. The molecule has 4 rings (SSSR count). The molecule has 0 amide bonds. The summed E-state index contributed by atoms with van der Waals surface area (Å²) >= 11 is 0. The highest BCUT2D eigenvalue weighted by molar-refractivity contribution is 5.48. The molecule has 0 unspecified atom stereocenters. The summed E-state index contributed by atoms with van der Waals surface area (Å²) < 4.78 is 2.30. The Balaban J connectivity index is 1.86. The maximum atomic E-state index is 4.35. The van der Waals surface area contributed by atoms with Crippen LogP contribution in [0.5, 0.6) is 0 Å². The third kappa shape index (κ3) is 1.58. The van der Waals surface area contributed by atoms with E-state index in [-0.39, 0.29) is 0 Å². The topological polar surface area (TPSA) is 29.9 Å². The lowest BCUT2D eigenvalue weighted by atomic mass is 9.99. The molecule has 1 N–H and O–H groups in total. The lowest BCUT2D eigenvalue weighted by molar-refractivity contribution is 0.639. The molecule has 1 aliphatic carbocycles. The quantitative estimate of drug-likeness (QED) is 0.872. The van der Waals surface area contributed by atoms with Gasteiger partial charge in [0.25, 0.3) is 0 Å². The Bertz CT molecular complexity index is 581. The molecule has 2 aromatic rings. The summed E-state index contributed by atoms with van der Waals surface area (Å²) in [6, 6.07) is 6.66. The fourth-order valence-electron chi connectivity index (χ4n) is 2.91. The molecule has 0 atom stereocenters. The van der Waals surface area contributed by atoms with Crippen molar-refractivity contribution < 1.29 is 0 Å². The van der Waals surface area contributed by atoms with Crippen LogP contribution in [0.3, 0.4) is 0 Å². The number of rotatable bonds is 2. The van der Waals surface area contributed by atoms with Crippen LogP contribution in [0.1, 0.15) is 35.6 Å². The van der Waals surface area contributed by atoms with Crippen molar-refractivity contribution in [3.8, 4) is 5.69 Å². The molecule has 1 aliphatic heterocycles. The van der Waals surface area contributed by atoms with Crippen molar-refractivity contribution in [3.63, 3.8) is 0 Å². The van der Waals surface area contributed by atoms with E-state index in [4.69, 9.17) is 0 Å². The molecule has 92 valence electrons. The Hall–Kier alpha value is -1.61. The second-order valence-electron chi connectivity index (χ2n) is 5.30. The summed E-state index contributed by atoms with van der Waals surface area (Å²) in [5, 5.41) is 3.47. The summed E-state index contributed by atoms with van der Waals surface area (Å²) in [5.74, 6) is 0.736. The van der Waals surface area contributed by atoms with Gasteiger partial charge in [0.2, 0.25) is 0 Å². The minimum Gasteiger partial charge on any atom is -0.312 e. The Morgan fingerprint density at radius 2 is 2.22 bits per heavy atom. The van der Waals surface area contributed by atoms with Crippen LogP contribution in [0.2, 0.25) is 0 Å². The Kier molecular flexibility index (Phi) is 2.27. The van der Waals surface area contributed by atoms with Crippen LogP contribution in [-0.2, 0) is 13.0 Å². The molecule has 1 fully saturated rings. The first-order valence-electron chi connectivity index (χ1n) is 6.77. The van der Waals surface area contributed by atoms with Gasteiger partial charge in [-0.1, -0.05) is 12.1 Å². The predicted octanol–water partition coefficient (Wildman–Crippen LogP) is 2.40. The van der Waals surface area contributed by atoms with Crippen LogP contribution >= 0.6 is 0 Å². The van der Waals surface area contributed by atoms with Crippen LogP contribution in [0, 0.1) is 0 Å². The van der Waals surface area contributed by atoms with Crippen molar-refractivity contribution in [2.24, 2.45) is 0 Å². The second kappa shape index (κ2) is 3.95. The molecule has 1 saturated carbocycles. The third-order valence-corrected chi connectivity index (χ3v) is 4.04. The van der Waals surface area contributed by atoms with Gasteiger partial charge in [-0.25, -0.2) is 4.98 Å². The first kappa shape index (κ1) is 10.3. The lowest BCUT2D eigenvalue weighted by Gasteiger charge is -2.21. The lowest BCUT2D eigenvalue weighted by Crippen LogP contribution is -2.25. The standard InChI is InChI=1S/C15H17N3/c1-2-11-6-7-16-8-13(11)14(3-1)18-10-17-9-15(18)12-4-5-12/h1-3,9-10,12,16H,4-8H2. The molecule has 1 aromatic heterocycles. The molecule has 0 spiro atoms. The van der Waals surface area contributed by atoms with Gasteiger partial charge in [-0.2, -0.15) is 0 Å². The van der Waals surface area contributed by atoms with Crippen molar-refractivity contribution >= 4 is 0 Å². The normalized spacial score (nSPS) is 18.7. The van der Waals surface area contributed by atoms with Gasteiger partial charge in [0.15, 0.2) is 0 Å². The van der Waals surface area contributed by atoms with Crippen LogP contribution in [-0.4, -0.2) is 16.1 Å². The van der Waals surface area contributed by atoms with Crippen LogP contribution in [0.25, 0.3) is 5.69 Å². The van der Waals surface area contributed by atoms with Crippen molar-refractivity contribution in [3.05, 3.63) is 47.5 Å². The van der Waals surface area contributed by atoms with E-state index in [0.29, 0.717) is 0 Å². The van der Waals surface area contributed by atoms with Gasteiger partial charge in [-0.3, -0.25) is 0 Å². The number of hydrogen-bond donors (Lipinski definition) is 1. The molecule has 1 aromatic carbocycles. The monoisotopic (exact) mass is 239 g/mol. The first-order chi connectivity index (χ1) is 8.93. The van der Waals surface area contributed by atoms with Gasteiger partial charge in [0.1, 0.15) is 0 Å². The third-order valence-electron chi connectivity index (χ3n) is 4.04. The summed E-state index contributed by atoms with van der Waals surface area (Å²) in [7, 11) is 0. The van der Waals surface area contributed by atoms with Crippen molar-refractivity contribution in [2.45, 2.75) is 31.7 Å². The highest BCUT2D eigenvalue weighted by atomic mass is 15.1. The number of benzene rings is 1. The van der Waals surface area contributed by atoms with Crippen LogP contribution < -0.4 is 5.32 Å². The molecule has 0 bridgehead atoms. The summed E-state index contributed by atoms with van der Waals surface area (Å²) in [4.78, 5) is 4.35. The summed E-state index contributed by atoms with van der Waals surface area (Å²) in [6.45, 7) is 2.07. The van der Waals surface area contributed by atoms with Crippen molar-refractivity contribution in [2.75, 3.05) is 6.54 Å². The molecule has 2 aliphatic rings. The Morgan fingerprint density at radius 3 is 3.11 bits per heavy atom. The molecule has 0 radical (unpaired) electrons. The smallest absolute Gasteiger partial charge is 0.0994 e. The maximum Gasteiger partial charge on any atom is 0.0994 e. The number of aromatic nitrogens is 2. The van der Waals surface area contributed by atoms with Gasteiger partial charge in [-0.15, -0.1) is 0 Å². The highest BCUT2D eigenvalue weighted by Crippen LogP contribution is 2.41. The van der Waals surface area contributed by atoms with Gasteiger partial charge in [-0.05, 0) is 43.0 Å². The minimum atomic E-state index is 0.736. The fourth-order valence-corrected chi connectivity index (χ4v) is 2.91. The largest absolute Gasteiger partial charge is 0.312 e. The molecule has 3 heteroatoms. The molecule has 18 heavy (non-hydrogen) atoms. The predicted molar refractivity (Wildman–Crippen MR) is 70.9 cm³/mol. The number of hydrogen-bond acceptors (Lipinski definition) is 2. The van der Waals surface area contributed by atoms with Gasteiger partial charge >= 0.3 is 0 Å². The Labute approximate surface area is 107 Å². The van der Waals surface area contributed by atoms with E-state index in [1.54, 1.807) is 0 Å². The maximum absolute atomic E-state index is 4.35. The molecule has 2 heterocycles. The summed E-state index contributed by atoms with van der Waals surface area (Å²) in [6.07, 6.45) is 7.78. The average Bonchev–Trinajstić information content (AvgIpc) is 3.16. The number of nitrogens with one attached hydrogen (secondary N) is 1. The van der Waals surface area contributed by atoms with Crippen molar-refractivity contribution in [1.29, 1.82) is 0 Å². The number of nitrogens with zero attached hydrogens (tertiary/aromatic N) is 2. The van der Waals surface area contributed by atoms with E-state index < -0.39 is 0 Å². The van der Waals surface area contributed by atoms with E-state index in [1.165, 1.54) is 35.3 Å². The van der Waals surface area contributed by atoms with Crippen LogP contribution in [0.15, 0.2) is 30.7 Å². The number of imidazole rings is 1. The molecular formula is C15H17N3. The fraction of sp³-hybridized carbons (Fsp3) is 0.400. The molecular weight excluding hydrogens is 222 g/mol. The summed E-state index contributed by atoms with van der Waals surface area (Å²) in [5.41, 5.74) is 5.64. The van der Waals surface area contributed by atoms with Gasteiger partial charge in [0, 0.05) is 24.4 Å². The SMILES string of the molecule is c1cc2c(c(-n3cncc3C3CC3)c1)CNCC2. The first-order valence-corrected chi connectivity index (χ1v) is 6.77. The molecule has 0 saturated heterocycles. The van der Waals surface area contributed by atoms with E-state index >= 15 is 0 Å². The Morgan fingerprint density at radius 1 is 1.28 bits per heavy atom. The average molecular weight is 239 g/mol.